The molecule has 1 fully saturated rings. The number of halogens is 2. The smallest absolute Gasteiger partial charge is 0.223 e. The molecule has 192 valence electrons. The average molecular weight is 524 g/mol. The molecular weight excluding hydrogens is 497 g/mol. The van der Waals surface area contributed by atoms with E-state index in [2.05, 4.69) is 10.1 Å². The highest BCUT2D eigenvalue weighted by molar-refractivity contribution is 6.31. The second kappa shape index (κ2) is 10.1. The quantitative estimate of drug-likeness (QED) is 0.392. The van der Waals surface area contributed by atoms with Crippen LogP contribution in [0.25, 0.3) is 22.3 Å². The number of rotatable bonds is 6. The lowest BCUT2D eigenvalue weighted by atomic mass is 9.97. The largest absolute Gasteiger partial charge is 0.487 e. The van der Waals surface area contributed by atoms with E-state index >= 15 is 0 Å². The molecule has 1 aliphatic rings. The molecular formula is C27H27ClFN5O3. The third-order valence-electron chi connectivity index (χ3n) is 6.79. The highest BCUT2D eigenvalue weighted by Gasteiger charge is 2.30. The summed E-state index contributed by atoms with van der Waals surface area (Å²) in [5, 5.41) is 15.4. The van der Waals surface area contributed by atoms with Crippen molar-refractivity contribution >= 4 is 28.4 Å². The summed E-state index contributed by atoms with van der Waals surface area (Å²) >= 11 is 6.50. The van der Waals surface area contributed by atoms with E-state index in [1.165, 1.54) is 18.5 Å². The summed E-state index contributed by atoms with van der Waals surface area (Å²) in [6.07, 6.45) is 1.56. The van der Waals surface area contributed by atoms with E-state index in [0.717, 1.165) is 16.6 Å². The number of fused-ring (bicyclic) bond motifs is 1. The average Bonchev–Trinajstić information content (AvgIpc) is 3.29. The summed E-state index contributed by atoms with van der Waals surface area (Å²) in [7, 11) is 1.83. The van der Waals surface area contributed by atoms with Crippen molar-refractivity contribution in [3.05, 3.63) is 70.4 Å². The molecule has 0 radical (unpaired) electrons. The molecule has 0 spiro atoms. The van der Waals surface area contributed by atoms with Gasteiger partial charge in [-0.3, -0.25) is 4.79 Å². The second-order valence-corrected chi connectivity index (χ2v) is 9.74. The number of pyridine rings is 1. The Hall–Kier alpha value is -3.56. The van der Waals surface area contributed by atoms with Crippen LogP contribution in [0.2, 0.25) is 5.02 Å². The minimum absolute atomic E-state index is 0.0391. The molecule has 0 saturated carbocycles. The maximum absolute atomic E-state index is 14.4. The van der Waals surface area contributed by atoms with Crippen LogP contribution >= 0.6 is 11.6 Å². The number of ether oxygens (including phenoxy) is 1. The number of aromatic nitrogens is 4. The van der Waals surface area contributed by atoms with Crippen LogP contribution < -0.4 is 4.74 Å². The summed E-state index contributed by atoms with van der Waals surface area (Å²) in [6, 6.07) is 9.71. The molecule has 0 unspecified atom stereocenters. The molecule has 1 amide bonds. The van der Waals surface area contributed by atoms with E-state index in [1.54, 1.807) is 16.5 Å². The van der Waals surface area contributed by atoms with Crippen LogP contribution in [0.4, 0.5) is 4.39 Å². The van der Waals surface area contributed by atoms with Crippen LogP contribution in [0.15, 0.2) is 42.7 Å². The number of hydrogen-bond acceptors (Lipinski definition) is 6. The topological polar surface area (TPSA) is 93.4 Å². The first-order chi connectivity index (χ1) is 17.7. The highest BCUT2D eigenvalue weighted by atomic mass is 35.5. The summed E-state index contributed by atoms with van der Waals surface area (Å²) < 4.78 is 22.4. The second-order valence-electron chi connectivity index (χ2n) is 9.33. The molecule has 5 rings (SSSR count). The van der Waals surface area contributed by atoms with Crippen molar-refractivity contribution in [1.29, 1.82) is 0 Å². The molecule has 10 heteroatoms. The van der Waals surface area contributed by atoms with Crippen molar-refractivity contribution in [3.63, 3.8) is 0 Å². The molecule has 1 saturated heterocycles. The van der Waals surface area contributed by atoms with Crippen LogP contribution in [-0.4, -0.2) is 48.3 Å². The number of likely N-dealkylation sites (tertiary alicyclic amines) is 1. The molecule has 2 aromatic heterocycles. The SMILES string of the molecule is Cc1cc(-c2ncnn2C)c2cccc(OCc3c(Cl)cc(F)cc3[C@H](C)N3C[C@H](O)CCC3=O)c2n1. The number of aliphatic hydroxyl groups excluding tert-OH is 1. The van der Waals surface area contributed by atoms with Crippen LogP contribution in [0, 0.1) is 12.7 Å². The van der Waals surface area contributed by atoms with Crippen LogP contribution in [-0.2, 0) is 18.4 Å². The van der Waals surface area contributed by atoms with Gasteiger partial charge in [-0.15, -0.1) is 0 Å². The lowest BCUT2D eigenvalue weighted by molar-refractivity contribution is -0.139. The third kappa shape index (κ3) is 4.89. The van der Waals surface area contributed by atoms with Gasteiger partial charge in [-0.2, -0.15) is 5.10 Å². The standard InChI is InChI=1S/C27H27ClFN5O3/c1-15-9-21(27-30-14-31-33(27)3)19-5-4-6-24(26(19)32-15)37-13-22-20(10-17(29)11-23(22)28)16(2)34-12-18(35)7-8-25(34)36/h4-6,9-11,14,16,18,35H,7-8,12-13H2,1-3H3/t16-,18+/m0/s1. The van der Waals surface area contributed by atoms with E-state index in [4.69, 9.17) is 21.3 Å². The number of aryl methyl sites for hydroxylation is 2. The van der Waals surface area contributed by atoms with Gasteiger partial charge in [0, 0.05) is 42.2 Å². The molecule has 2 aromatic carbocycles. The van der Waals surface area contributed by atoms with Gasteiger partial charge in [0.1, 0.15) is 30.0 Å². The van der Waals surface area contributed by atoms with Gasteiger partial charge in [-0.25, -0.2) is 19.0 Å². The zero-order valence-corrected chi connectivity index (χ0v) is 21.5. The Labute approximate surface area is 218 Å². The molecule has 0 aliphatic carbocycles. The van der Waals surface area contributed by atoms with Crippen LogP contribution in [0.5, 0.6) is 5.75 Å². The Morgan fingerprint density at radius 1 is 1.30 bits per heavy atom. The Morgan fingerprint density at radius 2 is 2.11 bits per heavy atom. The van der Waals surface area contributed by atoms with Gasteiger partial charge in [0.15, 0.2) is 5.82 Å². The Morgan fingerprint density at radius 3 is 2.86 bits per heavy atom. The Bertz CT molecular complexity index is 1490. The van der Waals surface area contributed by atoms with E-state index in [9.17, 15) is 14.3 Å². The molecule has 37 heavy (non-hydrogen) atoms. The van der Waals surface area contributed by atoms with Crippen LogP contribution in [0.3, 0.4) is 0 Å². The lowest BCUT2D eigenvalue weighted by Gasteiger charge is -2.36. The van der Waals surface area contributed by atoms with Crippen molar-refractivity contribution in [2.24, 2.45) is 7.05 Å². The molecule has 1 aliphatic heterocycles. The van der Waals surface area contributed by atoms with Gasteiger partial charge < -0.3 is 14.7 Å². The normalized spacial score (nSPS) is 16.9. The monoisotopic (exact) mass is 523 g/mol. The van der Waals surface area contributed by atoms with Crippen molar-refractivity contribution in [3.8, 4) is 17.1 Å². The summed E-state index contributed by atoms with van der Waals surface area (Å²) in [5.74, 6) is 0.651. The predicted molar refractivity (Wildman–Crippen MR) is 138 cm³/mol. The van der Waals surface area contributed by atoms with Crippen LogP contribution in [0.1, 0.15) is 42.6 Å². The number of carbonyl (C=O) groups excluding carboxylic acids is 1. The first-order valence-corrected chi connectivity index (χ1v) is 12.4. The third-order valence-corrected chi connectivity index (χ3v) is 7.12. The molecule has 3 heterocycles. The van der Waals surface area contributed by atoms with Crippen molar-refractivity contribution in [2.45, 2.75) is 45.4 Å². The zero-order chi connectivity index (χ0) is 26.3. The molecule has 1 N–H and O–H groups in total. The fourth-order valence-electron chi connectivity index (χ4n) is 4.89. The van der Waals surface area contributed by atoms with Crippen molar-refractivity contribution < 1.29 is 19.0 Å². The van der Waals surface area contributed by atoms with E-state index in [0.29, 0.717) is 34.6 Å². The number of carbonyl (C=O) groups is 1. The number of hydrogen-bond donors (Lipinski definition) is 1. The number of amides is 1. The fourth-order valence-corrected chi connectivity index (χ4v) is 5.15. The van der Waals surface area contributed by atoms with E-state index in [1.807, 2.05) is 38.2 Å². The highest BCUT2D eigenvalue weighted by Crippen LogP contribution is 2.35. The maximum Gasteiger partial charge on any atom is 0.223 e. The van der Waals surface area contributed by atoms with Gasteiger partial charge in [0.25, 0.3) is 0 Å². The molecule has 0 bridgehead atoms. The summed E-state index contributed by atoms with van der Waals surface area (Å²) in [6.45, 7) is 3.93. The van der Waals surface area contributed by atoms with Gasteiger partial charge in [-0.1, -0.05) is 23.7 Å². The lowest BCUT2D eigenvalue weighted by Crippen LogP contribution is -2.44. The predicted octanol–water partition coefficient (Wildman–Crippen LogP) is 4.75. The number of benzene rings is 2. The first kappa shape index (κ1) is 25.1. The van der Waals surface area contributed by atoms with Gasteiger partial charge in [0.2, 0.25) is 5.91 Å². The fraction of sp³-hybridized carbons (Fsp3) is 0.333. The molecule has 4 aromatic rings. The molecule has 2 atom stereocenters. The van der Waals surface area contributed by atoms with Crippen molar-refractivity contribution in [1.82, 2.24) is 24.6 Å². The van der Waals surface area contributed by atoms with Gasteiger partial charge in [-0.05, 0) is 50.1 Å². The number of nitrogens with zero attached hydrogens (tertiary/aromatic N) is 5. The minimum atomic E-state index is -0.614. The maximum atomic E-state index is 14.4. The summed E-state index contributed by atoms with van der Waals surface area (Å²) in [5.41, 5.74) is 3.43. The number of para-hydroxylation sites is 1. The number of piperidine rings is 1. The minimum Gasteiger partial charge on any atom is -0.487 e. The Balaban J connectivity index is 1.51. The number of aliphatic hydroxyl groups is 1. The zero-order valence-electron chi connectivity index (χ0n) is 20.8. The van der Waals surface area contributed by atoms with E-state index < -0.39 is 18.0 Å². The summed E-state index contributed by atoms with van der Waals surface area (Å²) in [4.78, 5) is 23.3. The number of β-amino-alcohol motifs (C(OH)–C–C–N with tert-alkyl or cyclic N) is 1. The van der Waals surface area contributed by atoms with Crippen molar-refractivity contribution in [2.75, 3.05) is 6.54 Å². The van der Waals surface area contributed by atoms with Gasteiger partial charge in [0.05, 0.1) is 17.2 Å². The van der Waals surface area contributed by atoms with E-state index in [-0.39, 0.29) is 30.5 Å². The Kier molecular flexibility index (Phi) is 6.83. The first-order valence-electron chi connectivity index (χ1n) is 12.1. The molecule has 8 nitrogen and oxygen atoms in total. The van der Waals surface area contributed by atoms with Gasteiger partial charge >= 0.3 is 0 Å².